The Morgan fingerprint density at radius 1 is 1.10 bits per heavy atom. The highest BCUT2D eigenvalue weighted by molar-refractivity contribution is 5.93. The maximum Gasteiger partial charge on any atom is 0.321 e. The summed E-state index contributed by atoms with van der Waals surface area (Å²) in [5.41, 5.74) is 1.71. The number of amides is 4. The smallest absolute Gasteiger partial charge is 0.321 e. The zero-order chi connectivity index (χ0) is 26.9. The van der Waals surface area contributed by atoms with Crippen molar-refractivity contribution >= 4 is 34.7 Å². The van der Waals surface area contributed by atoms with Gasteiger partial charge in [-0.05, 0) is 42.7 Å². The van der Waals surface area contributed by atoms with Gasteiger partial charge >= 0.3 is 12.1 Å². The van der Waals surface area contributed by atoms with Crippen LogP contribution in [0, 0.1) is 5.82 Å². The molecule has 0 atom stereocenters. The number of furan rings is 1. The summed E-state index contributed by atoms with van der Waals surface area (Å²) in [5, 5.41) is 18.1. The molecule has 200 valence electrons. The Bertz CT molecular complexity index is 1640. The molecule has 1 fully saturated rings. The molecule has 5 aromatic rings. The first-order chi connectivity index (χ1) is 18.9. The maximum absolute atomic E-state index is 13.1. The molecule has 1 aliphatic rings. The van der Waals surface area contributed by atoms with E-state index in [4.69, 9.17) is 4.42 Å². The molecule has 4 aromatic heterocycles. The van der Waals surface area contributed by atoms with E-state index in [-0.39, 0.29) is 23.8 Å². The topological polar surface area (TPSA) is 148 Å². The number of hydrogen-bond acceptors (Lipinski definition) is 7. The van der Waals surface area contributed by atoms with Gasteiger partial charge in [-0.25, -0.2) is 19.0 Å². The monoisotopic (exact) mass is 532 g/mol. The lowest BCUT2D eigenvalue weighted by Gasteiger charge is -2.32. The van der Waals surface area contributed by atoms with Gasteiger partial charge in [0.15, 0.2) is 17.1 Å². The number of likely N-dealkylation sites (tertiary alicyclic amines) is 1. The van der Waals surface area contributed by atoms with E-state index >= 15 is 0 Å². The number of fused-ring (bicyclic) bond motifs is 3. The van der Waals surface area contributed by atoms with Crippen LogP contribution in [0.4, 0.5) is 19.9 Å². The van der Waals surface area contributed by atoms with Crippen molar-refractivity contribution in [3.8, 4) is 11.6 Å². The lowest BCUT2D eigenvalue weighted by atomic mass is 10.1. The summed E-state index contributed by atoms with van der Waals surface area (Å²) in [7, 11) is 1.78. The van der Waals surface area contributed by atoms with E-state index in [2.05, 4.69) is 36.1 Å². The van der Waals surface area contributed by atoms with E-state index in [0.29, 0.717) is 60.7 Å². The van der Waals surface area contributed by atoms with Crippen LogP contribution in [0.2, 0.25) is 0 Å². The number of nitrogens with one attached hydrogen (secondary N) is 3. The Morgan fingerprint density at radius 3 is 2.64 bits per heavy atom. The van der Waals surface area contributed by atoms with E-state index in [0.717, 1.165) is 5.56 Å². The third-order valence-corrected chi connectivity index (χ3v) is 6.51. The maximum atomic E-state index is 13.1. The number of halogens is 1. The molecule has 0 bridgehead atoms. The van der Waals surface area contributed by atoms with Gasteiger partial charge in [-0.3, -0.25) is 10.00 Å². The molecule has 0 spiro atoms. The van der Waals surface area contributed by atoms with Crippen molar-refractivity contribution in [2.75, 3.05) is 18.4 Å². The number of nitrogens with zero attached hydrogens (tertiary/aromatic N) is 7. The van der Waals surface area contributed by atoms with E-state index in [1.165, 1.54) is 22.9 Å². The number of urea groups is 2. The first kappa shape index (κ1) is 24.3. The molecule has 1 aliphatic heterocycles. The highest BCUT2D eigenvalue weighted by Gasteiger charge is 2.25. The van der Waals surface area contributed by atoms with Crippen LogP contribution in [0.3, 0.4) is 0 Å². The minimum atomic E-state index is -0.451. The molecule has 14 heteroatoms. The lowest BCUT2D eigenvalue weighted by Crippen LogP contribution is -2.50. The fourth-order valence-corrected chi connectivity index (χ4v) is 4.53. The second-order valence-electron chi connectivity index (χ2n) is 9.27. The number of carbonyl (C=O) groups excluding carboxylic acids is 2. The van der Waals surface area contributed by atoms with Gasteiger partial charge < -0.3 is 20.0 Å². The summed E-state index contributed by atoms with van der Waals surface area (Å²) in [5.74, 6) is 0.684. The molecule has 6 rings (SSSR count). The van der Waals surface area contributed by atoms with Crippen molar-refractivity contribution in [3.05, 3.63) is 60.2 Å². The molecular formula is C25H25FN10O3. The highest BCUT2D eigenvalue weighted by Crippen LogP contribution is 2.24. The number of aryl methyl sites for hydroxylation is 1. The van der Waals surface area contributed by atoms with Crippen molar-refractivity contribution in [3.63, 3.8) is 0 Å². The van der Waals surface area contributed by atoms with Crippen LogP contribution in [0.5, 0.6) is 0 Å². The number of anilines is 1. The van der Waals surface area contributed by atoms with E-state index < -0.39 is 6.03 Å². The summed E-state index contributed by atoms with van der Waals surface area (Å²) in [6.07, 6.45) is 4.49. The van der Waals surface area contributed by atoms with Gasteiger partial charge in [-0.15, -0.1) is 5.10 Å². The number of rotatable bonds is 5. The molecule has 5 heterocycles. The molecule has 1 saturated heterocycles. The van der Waals surface area contributed by atoms with E-state index in [1.807, 2.05) is 0 Å². The van der Waals surface area contributed by atoms with Gasteiger partial charge in [0.1, 0.15) is 5.82 Å². The summed E-state index contributed by atoms with van der Waals surface area (Å²) < 4.78 is 21.6. The number of benzene rings is 1. The number of piperidine rings is 1. The van der Waals surface area contributed by atoms with Gasteiger partial charge in [0.2, 0.25) is 11.8 Å². The Hall–Kier alpha value is -5.01. The van der Waals surface area contributed by atoms with Crippen LogP contribution in [0.1, 0.15) is 18.4 Å². The Balaban J connectivity index is 1.09. The first-order valence-electron chi connectivity index (χ1n) is 12.4. The van der Waals surface area contributed by atoms with Crippen LogP contribution in [0.15, 0.2) is 53.3 Å². The van der Waals surface area contributed by atoms with Crippen LogP contribution < -0.4 is 16.0 Å². The minimum Gasteiger partial charge on any atom is -0.461 e. The van der Waals surface area contributed by atoms with Gasteiger partial charge in [0.05, 0.1) is 11.6 Å². The molecule has 13 nitrogen and oxygen atoms in total. The van der Waals surface area contributed by atoms with Crippen LogP contribution in [0.25, 0.3) is 28.3 Å². The standard InChI is InChI=1S/C25H25FN10O3/c1-34-14-18-20(32-34)30-23(36-22(18)29-21(33-36)19-3-2-12-39-19)31-24(37)28-17-8-10-35(11-9-17)25(38)27-13-15-4-6-16(26)7-5-15/h2-7,12,14,17H,8-11,13H2,1H3,(H,27,38)(H2,28,30,31,32,37). The summed E-state index contributed by atoms with van der Waals surface area (Å²) in [4.78, 5) is 36.2. The molecule has 1 aromatic carbocycles. The summed E-state index contributed by atoms with van der Waals surface area (Å²) in [6, 6.07) is 8.70. The number of hydrogen-bond donors (Lipinski definition) is 3. The second-order valence-corrected chi connectivity index (χ2v) is 9.27. The van der Waals surface area contributed by atoms with Crippen molar-refractivity contribution < 1.29 is 18.4 Å². The average Bonchev–Trinajstić information content (AvgIpc) is 3.68. The summed E-state index contributed by atoms with van der Waals surface area (Å²) in [6.45, 7) is 1.28. The first-order valence-corrected chi connectivity index (χ1v) is 12.4. The Kier molecular flexibility index (Phi) is 6.26. The largest absolute Gasteiger partial charge is 0.461 e. The van der Waals surface area contributed by atoms with E-state index in [1.54, 1.807) is 47.1 Å². The molecule has 0 saturated carbocycles. The fourth-order valence-electron chi connectivity index (χ4n) is 4.53. The lowest BCUT2D eigenvalue weighted by molar-refractivity contribution is 0.176. The van der Waals surface area contributed by atoms with Gasteiger partial charge in [-0.1, -0.05) is 12.1 Å². The molecule has 3 N–H and O–H groups in total. The van der Waals surface area contributed by atoms with Crippen molar-refractivity contribution in [2.24, 2.45) is 7.05 Å². The van der Waals surface area contributed by atoms with Crippen LogP contribution in [-0.2, 0) is 13.6 Å². The van der Waals surface area contributed by atoms with Crippen molar-refractivity contribution in [1.29, 1.82) is 0 Å². The summed E-state index contributed by atoms with van der Waals surface area (Å²) >= 11 is 0. The minimum absolute atomic E-state index is 0.130. The third kappa shape index (κ3) is 5.08. The van der Waals surface area contributed by atoms with Gasteiger partial charge in [-0.2, -0.15) is 14.6 Å². The molecule has 39 heavy (non-hydrogen) atoms. The predicted octanol–water partition coefficient (Wildman–Crippen LogP) is 2.91. The zero-order valence-corrected chi connectivity index (χ0v) is 21.0. The van der Waals surface area contributed by atoms with Crippen LogP contribution in [-0.4, -0.2) is 65.5 Å². The SMILES string of the molecule is Cn1cc2c(nc(NC(=O)NC3CCN(C(=O)NCc4ccc(F)cc4)CC3)n3nc(-c4ccco4)nc23)n1. The molecule has 4 amide bonds. The second kappa shape index (κ2) is 10.0. The fraction of sp³-hybridized carbons (Fsp3) is 0.280. The van der Waals surface area contributed by atoms with Crippen molar-refractivity contribution in [1.82, 2.24) is 44.9 Å². The molecule has 0 aliphatic carbocycles. The average molecular weight is 533 g/mol. The Labute approximate surface area is 221 Å². The van der Waals surface area contributed by atoms with Gasteiger partial charge in [0.25, 0.3) is 0 Å². The molecular weight excluding hydrogens is 507 g/mol. The highest BCUT2D eigenvalue weighted by atomic mass is 19.1. The number of carbonyl (C=O) groups is 2. The number of aromatic nitrogens is 6. The normalized spacial score (nSPS) is 14.2. The quantitative estimate of drug-likeness (QED) is 0.315. The zero-order valence-electron chi connectivity index (χ0n) is 21.0. The third-order valence-electron chi connectivity index (χ3n) is 6.51. The van der Waals surface area contributed by atoms with Crippen LogP contribution >= 0.6 is 0 Å². The molecule has 0 unspecified atom stereocenters. The predicted molar refractivity (Wildman–Crippen MR) is 138 cm³/mol. The molecule has 0 radical (unpaired) electrons. The Morgan fingerprint density at radius 2 is 1.90 bits per heavy atom. The van der Waals surface area contributed by atoms with Gasteiger partial charge in [0, 0.05) is 38.9 Å². The van der Waals surface area contributed by atoms with E-state index in [9.17, 15) is 14.0 Å². The van der Waals surface area contributed by atoms with Crippen molar-refractivity contribution in [2.45, 2.75) is 25.4 Å².